The van der Waals surface area contributed by atoms with E-state index in [9.17, 15) is 32.7 Å². The zero-order valence-electron chi connectivity index (χ0n) is 15.3. The van der Waals surface area contributed by atoms with Gasteiger partial charge in [0.1, 0.15) is 17.8 Å². The second kappa shape index (κ2) is 8.49. The molecule has 28 heavy (non-hydrogen) atoms. The Morgan fingerprint density at radius 3 is 2.54 bits per heavy atom. The number of carboxylic acids is 1. The quantitative estimate of drug-likeness (QED) is 0.762. The summed E-state index contributed by atoms with van der Waals surface area (Å²) in [6, 6.07) is 2.52. The van der Waals surface area contributed by atoms with Crippen LogP contribution in [0.1, 0.15) is 37.0 Å². The number of nitrogens with zero attached hydrogens (tertiary/aromatic N) is 1. The Hall–Kier alpha value is -2.78. The van der Waals surface area contributed by atoms with Crippen LogP contribution in [0.2, 0.25) is 0 Å². The van der Waals surface area contributed by atoms with Crippen molar-refractivity contribution in [2.75, 3.05) is 6.54 Å². The summed E-state index contributed by atoms with van der Waals surface area (Å²) in [4.78, 5) is 37.8. The molecular weight excluding hydrogens is 381 g/mol. The average molecular weight is 402 g/mol. The molecule has 1 aromatic rings. The van der Waals surface area contributed by atoms with Crippen molar-refractivity contribution < 1.29 is 37.4 Å². The van der Waals surface area contributed by atoms with E-state index in [0.717, 1.165) is 12.1 Å². The Bertz CT molecular complexity index is 751. The number of rotatable bonds is 6. The molecule has 1 saturated heterocycles. The molecular formula is C18H21F3N2O5. The van der Waals surface area contributed by atoms with Gasteiger partial charge >= 0.3 is 12.3 Å². The molecule has 1 unspecified atom stereocenters. The molecule has 0 bridgehead atoms. The van der Waals surface area contributed by atoms with Gasteiger partial charge in [-0.1, -0.05) is 19.9 Å². The van der Waals surface area contributed by atoms with Crippen LogP contribution in [0, 0.1) is 5.92 Å². The number of carbonyl (C=O) groups excluding carboxylic acids is 2. The number of hydrogen-bond donors (Lipinski definition) is 2. The first-order valence-corrected chi connectivity index (χ1v) is 8.69. The van der Waals surface area contributed by atoms with Crippen LogP contribution in [0.15, 0.2) is 24.3 Å². The molecule has 1 aromatic carbocycles. The van der Waals surface area contributed by atoms with Gasteiger partial charge in [-0.05, 0) is 37.0 Å². The van der Waals surface area contributed by atoms with E-state index in [4.69, 9.17) is 0 Å². The van der Waals surface area contributed by atoms with Crippen LogP contribution in [-0.2, 0) is 9.59 Å². The lowest BCUT2D eigenvalue weighted by Gasteiger charge is -2.29. The molecule has 2 rings (SSSR count). The molecule has 0 aromatic heterocycles. The molecule has 0 aliphatic carbocycles. The number of benzene rings is 1. The smallest absolute Gasteiger partial charge is 0.480 e. The van der Waals surface area contributed by atoms with Crippen molar-refractivity contribution in [3.05, 3.63) is 29.8 Å². The Morgan fingerprint density at radius 1 is 1.29 bits per heavy atom. The molecule has 2 amide bonds. The van der Waals surface area contributed by atoms with Crippen molar-refractivity contribution >= 4 is 17.8 Å². The van der Waals surface area contributed by atoms with Gasteiger partial charge in [-0.3, -0.25) is 9.59 Å². The third kappa shape index (κ3) is 5.37. The Labute approximate surface area is 159 Å². The van der Waals surface area contributed by atoms with Crippen LogP contribution in [0.5, 0.6) is 5.75 Å². The van der Waals surface area contributed by atoms with Gasteiger partial charge in [0.25, 0.3) is 5.91 Å². The van der Waals surface area contributed by atoms with Gasteiger partial charge in [-0.25, -0.2) is 4.79 Å². The summed E-state index contributed by atoms with van der Waals surface area (Å²) in [6.07, 6.45) is -4.03. The largest absolute Gasteiger partial charge is 0.573 e. The van der Waals surface area contributed by atoms with E-state index in [2.05, 4.69) is 10.1 Å². The normalized spacial score (nSPS) is 18.1. The van der Waals surface area contributed by atoms with Gasteiger partial charge in [0.05, 0.1) is 0 Å². The van der Waals surface area contributed by atoms with Crippen LogP contribution in [0.4, 0.5) is 13.2 Å². The minimum Gasteiger partial charge on any atom is -0.480 e. The highest BCUT2D eigenvalue weighted by atomic mass is 19.4. The van der Waals surface area contributed by atoms with Gasteiger partial charge in [-0.15, -0.1) is 13.2 Å². The summed E-state index contributed by atoms with van der Waals surface area (Å²) in [7, 11) is 0. The predicted octanol–water partition coefficient (Wildman–Crippen LogP) is 2.42. The molecule has 0 saturated carbocycles. The van der Waals surface area contributed by atoms with Crippen LogP contribution < -0.4 is 10.1 Å². The number of nitrogens with one attached hydrogen (secondary N) is 1. The van der Waals surface area contributed by atoms with E-state index >= 15 is 0 Å². The van der Waals surface area contributed by atoms with Crippen molar-refractivity contribution in [2.24, 2.45) is 5.92 Å². The molecule has 154 valence electrons. The van der Waals surface area contributed by atoms with Crippen LogP contribution in [0.3, 0.4) is 0 Å². The second-order valence-corrected chi connectivity index (χ2v) is 6.80. The summed E-state index contributed by atoms with van der Waals surface area (Å²) >= 11 is 0. The maximum atomic E-state index is 12.8. The number of likely N-dealkylation sites (tertiary alicyclic amines) is 1. The van der Waals surface area contributed by atoms with E-state index in [1.54, 1.807) is 13.8 Å². The van der Waals surface area contributed by atoms with Crippen molar-refractivity contribution in [1.82, 2.24) is 10.2 Å². The molecule has 7 nitrogen and oxygen atoms in total. The topological polar surface area (TPSA) is 95.9 Å². The number of carbonyl (C=O) groups is 3. The Balaban J connectivity index is 2.16. The van der Waals surface area contributed by atoms with Crippen LogP contribution in [-0.4, -0.2) is 52.8 Å². The Morgan fingerprint density at radius 2 is 1.96 bits per heavy atom. The fourth-order valence-electron chi connectivity index (χ4n) is 3.04. The number of aliphatic carboxylic acids is 1. The minimum atomic E-state index is -4.90. The van der Waals surface area contributed by atoms with E-state index in [0.29, 0.717) is 12.8 Å². The molecule has 2 N–H and O–H groups in total. The van der Waals surface area contributed by atoms with Gasteiger partial charge < -0.3 is 20.1 Å². The van der Waals surface area contributed by atoms with E-state index in [-0.39, 0.29) is 18.0 Å². The average Bonchev–Trinajstić information content (AvgIpc) is 3.07. The van der Waals surface area contributed by atoms with Crippen molar-refractivity contribution in [3.8, 4) is 5.75 Å². The molecule has 1 aliphatic heterocycles. The van der Waals surface area contributed by atoms with Crippen LogP contribution >= 0.6 is 0 Å². The second-order valence-electron chi connectivity index (χ2n) is 6.80. The van der Waals surface area contributed by atoms with Crippen LogP contribution in [0.25, 0.3) is 0 Å². The molecule has 2 atom stereocenters. The molecule has 0 spiro atoms. The monoisotopic (exact) mass is 402 g/mol. The van der Waals surface area contributed by atoms with E-state index in [1.165, 1.54) is 17.0 Å². The first kappa shape index (κ1) is 21.5. The van der Waals surface area contributed by atoms with Crippen molar-refractivity contribution in [3.63, 3.8) is 0 Å². The number of amides is 2. The Kier molecular flexibility index (Phi) is 6.52. The van der Waals surface area contributed by atoms with Gasteiger partial charge in [0, 0.05) is 12.1 Å². The standard InChI is InChI=1S/C18H21F3N2O5/c1-10(2)14(16(25)23-8-4-7-13(23)17(26)27)22-15(24)11-5-3-6-12(9-11)28-18(19,20)21/h3,5-6,9-10,13-14H,4,7-8H2,1-2H3,(H,22,24)(H,26,27)/t13-,14?/m0/s1. The molecule has 1 aliphatic rings. The summed E-state index contributed by atoms with van der Waals surface area (Å²) in [5, 5.41) is 11.7. The first-order valence-electron chi connectivity index (χ1n) is 8.69. The van der Waals surface area contributed by atoms with Crippen molar-refractivity contribution in [1.29, 1.82) is 0 Å². The highest BCUT2D eigenvalue weighted by Crippen LogP contribution is 2.24. The van der Waals surface area contributed by atoms with Gasteiger partial charge in [0.2, 0.25) is 5.91 Å². The lowest BCUT2D eigenvalue weighted by atomic mass is 10.0. The third-order valence-corrected chi connectivity index (χ3v) is 4.37. The lowest BCUT2D eigenvalue weighted by molar-refractivity contribution is -0.274. The van der Waals surface area contributed by atoms with E-state index < -0.39 is 42.0 Å². The molecule has 10 heteroatoms. The highest BCUT2D eigenvalue weighted by molar-refractivity contribution is 5.98. The van der Waals surface area contributed by atoms with Crippen molar-refractivity contribution in [2.45, 2.75) is 45.1 Å². The third-order valence-electron chi connectivity index (χ3n) is 4.37. The SMILES string of the molecule is CC(C)C(NC(=O)c1cccc(OC(F)(F)F)c1)C(=O)N1CCC[C@H]1C(=O)O. The first-order chi connectivity index (χ1) is 13.0. The highest BCUT2D eigenvalue weighted by Gasteiger charge is 2.38. The zero-order chi connectivity index (χ0) is 21.1. The molecule has 0 radical (unpaired) electrons. The lowest BCUT2D eigenvalue weighted by Crippen LogP contribution is -2.53. The maximum Gasteiger partial charge on any atom is 0.573 e. The summed E-state index contributed by atoms with van der Waals surface area (Å²) in [5.41, 5.74) is -0.114. The fourth-order valence-corrected chi connectivity index (χ4v) is 3.04. The number of hydrogen-bond acceptors (Lipinski definition) is 4. The zero-order valence-corrected chi connectivity index (χ0v) is 15.3. The summed E-state index contributed by atoms with van der Waals surface area (Å²) in [6.45, 7) is 3.62. The maximum absolute atomic E-state index is 12.8. The minimum absolute atomic E-state index is 0.114. The van der Waals surface area contributed by atoms with E-state index in [1.807, 2.05) is 0 Å². The molecule has 1 fully saturated rings. The fraction of sp³-hybridized carbons (Fsp3) is 0.500. The van der Waals surface area contributed by atoms with Gasteiger partial charge in [0.15, 0.2) is 0 Å². The number of carboxylic acid groups (broad SMARTS) is 1. The predicted molar refractivity (Wildman–Crippen MR) is 91.6 cm³/mol. The number of ether oxygens (including phenoxy) is 1. The number of halogens is 3. The summed E-state index contributed by atoms with van der Waals surface area (Å²) in [5.74, 6) is -3.32. The van der Waals surface area contributed by atoms with Gasteiger partial charge in [-0.2, -0.15) is 0 Å². The summed E-state index contributed by atoms with van der Waals surface area (Å²) < 4.78 is 40.8. The molecule has 1 heterocycles. The number of alkyl halides is 3.